The van der Waals surface area contributed by atoms with E-state index in [4.69, 9.17) is 6.42 Å². The number of benzene rings is 2. The maximum atomic E-state index is 12.2. The molecule has 1 heterocycles. The SMILES string of the molecule is C#CCn1c(=NC(=O)/C=C\c2ccc([N+](=O)[O-])cc2)sc2cc(Br)ccc21. The minimum absolute atomic E-state index is 0.00470. The highest BCUT2D eigenvalue weighted by Gasteiger charge is 2.07. The Balaban J connectivity index is 1.91. The van der Waals surface area contributed by atoms with Crippen LogP contribution in [0.15, 0.2) is 58.0 Å². The molecule has 8 heteroatoms. The predicted molar refractivity (Wildman–Crippen MR) is 109 cm³/mol. The van der Waals surface area contributed by atoms with Gasteiger partial charge in [0.05, 0.1) is 21.7 Å². The van der Waals surface area contributed by atoms with Crippen LogP contribution in [-0.4, -0.2) is 15.4 Å². The molecule has 0 radical (unpaired) electrons. The number of hydrogen-bond acceptors (Lipinski definition) is 4. The van der Waals surface area contributed by atoms with E-state index < -0.39 is 10.8 Å². The van der Waals surface area contributed by atoms with Gasteiger partial charge in [0, 0.05) is 22.7 Å². The zero-order valence-corrected chi connectivity index (χ0v) is 16.2. The van der Waals surface area contributed by atoms with E-state index in [1.54, 1.807) is 18.2 Å². The summed E-state index contributed by atoms with van der Waals surface area (Å²) in [5.41, 5.74) is 1.57. The molecule has 0 saturated carbocycles. The first kappa shape index (κ1) is 18.8. The van der Waals surface area contributed by atoms with E-state index in [0.29, 0.717) is 16.9 Å². The molecule has 0 spiro atoms. The van der Waals surface area contributed by atoms with E-state index in [1.165, 1.54) is 29.5 Å². The van der Waals surface area contributed by atoms with Crippen molar-refractivity contribution in [1.29, 1.82) is 0 Å². The Morgan fingerprint density at radius 1 is 1.33 bits per heavy atom. The minimum atomic E-state index is -0.474. The maximum absolute atomic E-state index is 12.2. The average Bonchev–Trinajstić information content (AvgIpc) is 2.97. The van der Waals surface area contributed by atoms with Crippen LogP contribution in [0, 0.1) is 22.5 Å². The normalized spacial score (nSPS) is 11.8. The van der Waals surface area contributed by atoms with Crippen molar-refractivity contribution in [2.24, 2.45) is 4.99 Å². The highest BCUT2D eigenvalue weighted by atomic mass is 79.9. The molecule has 0 N–H and O–H groups in total. The van der Waals surface area contributed by atoms with Gasteiger partial charge in [-0.1, -0.05) is 33.2 Å². The monoisotopic (exact) mass is 441 g/mol. The number of thiazole rings is 1. The summed E-state index contributed by atoms with van der Waals surface area (Å²) in [7, 11) is 0. The summed E-state index contributed by atoms with van der Waals surface area (Å²) in [4.78, 5) is 27.1. The Labute approximate surface area is 166 Å². The molecule has 1 amide bonds. The van der Waals surface area contributed by atoms with Crippen LogP contribution in [0.2, 0.25) is 0 Å². The quantitative estimate of drug-likeness (QED) is 0.264. The summed E-state index contributed by atoms with van der Waals surface area (Å²) in [5, 5.41) is 10.7. The van der Waals surface area contributed by atoms with Crippen LogP contribution in [0.5, 0.6) is 0 Å². The molecule has 3 aromatic rings. The zero-order valence-electron chi connectivity index (χ0n) is 13.8. The van der Waals surface area contributed by atoms with E-state index in [9.17, 15) is 14.9 Å². The standard InChI is InChI=1S/C19H12BrN3O3S/c1-2-11-22-16-9-6-14(20)12-17(16)27-19(22)21-18(24)10-5-13-3-7-15(8-4-13)23(25)26/h1,3-10,12H,11H2/b10-5-,21-19?. The Morgan fingerprint density at radius 2 is 2.07 bits per heavy atom. The third kappa shape index (κ3) is 4.39. The second-order valence-corrected chi connectivity index (χ2v) is 7.34. The predicted octanol–water partition coefficient (Wildman–Crippen LogP) is 4.15. The topological polar surface area (TPSA) is 77.5 Å². The van der Waals surface area contributed by atoms with Gasteiger partial charge in [0.2, 0.25) is 0 Å². The number of aromatic nitrogens is 1. The van der Waals surface area contributed by atoms with Gasteiger partial charge in [0.15, 0.2) is 4.80 Å². The van der Waals surface area contributed by atoms with Crippen molar-refractivity contribution in [3.05, 3.63) is 73.5 Å². The number of hydrogen-bond donors (Lipinski definition) is 0. The summed E-state index contributed by atoms with van der Waals surface area (Å²) in [5.74, 6) is 2.14. The van der Waals surface area contributed by atoms with E-state index in [0.717, 1.165) is 14.7 Å². The summed E-state index contributed by atoms with van der Waals surface area (Å²) in [6.07, 6.45) is 8.33. The zero-order chi connectivity index (χ0) is 19.4. The molecule has 6 nitrogen and oxygen atoms in total. The fourth-order valence-electron chi connectivity index (χ4n) is 2.38. The van der Waals surface area contributed by atoms with Gasteiger partial charge < -0.3 is 4.57 Å². The van der Waals surface area contributed by atoms with Crippen molar-refractivity contribution >= 4 is 55.2 Å². The van der Waals surface area contributed by atoms with Crippen molar-refractivity contribution < 1.29 is 9.72 Å². The molecule has 1 aromatic heterocycles. The number of halogens is 1. The number of carbonyl (C=O) groups is 1. The molecule has 27 heavy (non-hydrogen) atoms. The average molecular weight is 442 g/mol. The molecule has 0 aliphatic rings. The summed E-state index contributed by atoms with van der Waals surface area (Å²) in [6.45, 7) is 0.305. The van der Waals surface area contributed by atoms with E-state index in [2.05, 4.69) is 26.8 Å². The smallest absolute Gasteiger partial charge is 0.272 e. The van der Waals surface area contributed by atoms with Crippen molar-refractivity contribution in [3.8, 4) is 12.3 Å². The van der Waals surface area contributed by atoms with Crippen molar-refractivity contribution in [1.82, 2.24) is 4.57 Å². The Bertz CT molecular complexity index is 1170. The Morgan fingerprint density at radius 3 is 2.74 bits per heavy atom. The van der Waals surface area contributed by atoms with Gasteiger partial charge >= 0.3 is 0 Å². The molecule has 0 bridgehead atoms. The third-order valence-electron chi connectivity index (χ3n) is 3.62. The van der Waals surface area contributed by atoms with Gasteiger partial charge in [-0.25, -0.2) is 0 Å². The molecular formula is C19H12BrN3O3S. The molecule has 0 aliphatic carbocycles. The van der Waals surface area contributed by atoms with Crippen LogP contribution in [0.25, 0.3) is 16.3 Å². The lowest BCUT2D eigenvalue weighted by molar-refractivity contribution is -0.384. The Kier molecular flexibility index (Phi) is 5.64. The van der Waals surface area contributed by atoms with E-state index in [1.807, 2.05) is 22.8 Å². The summed E-state index contributed by atoms with van der Waals surface area (Å²) < 4.78 is 3.70. The van der Waals surface area contributed by atoms with Crippen LogP contribution < -0.4 is 4.80 Å². The Hall–Kier alpha value is -3.02. The maximum Gasteiger partial charge on any atom is 0.272 e. The molecule has 0 atom stereocenters. The van der Waals surface area contributed by atoms with Crippen molar-refractivity contribution in [2.45, 2.75) is 6.54 Å². The number of nitro groups is 1. The van der Waals surface area contributed by atoms with Gasteiger partial charge in [-0.2, -0.15) is 4.99 Å². The molecule has 0 saturated heterocycles. The van der Waals surface area contributed by atoms with Crippen LogP contribution >= 0.6 is 27.3 Å². The fourth-order valence-corrected chi connectivity index (χ4v) is 3.97. The van der Waals surface area contributed by atoms with Gasteiger partial charge in [-0.15, -0.1) is 6.42 Å². The van der Waals surface area contributed by atoms with Crippen LogP contribution in [0.3, 0.4) is 0 Å². The van der Waals surface area contributed by atoms with Gasteiger partial charge in [-0.05, 0) is 42.0 Å². The molecule has 3 rings (SSSR count). The molecule has 0 fully saturated rings. The number of rotatable bonds is 4. The van der Waals surface area contributed by atoms with E-state index in [-0.39, 0.29) is 5.69 Å². The number of nitrogens with zero attached hydrogens (tertiary/aromatic N) is 3. The lowest BCUT2D eigenvalue weighted by atomic mass is 10.2. The first-order valence-electron chi connectivity index (χ1n) is 7.71. The molecule has 2 aromatic carbocycles. The van der Waals surface area contributed by atoms with Crippen LogP contribution in [0.1, 0.15) is 5.56 Å². The number of terminal acetylenes is 1. The summed E-state index contributed by atoms with van der Waals surface area (Å²) >= 11 is 4.80. The highest BCUT2D eigenvalue weighted by molar-refractivity contribution is 9.10. The van der Waals surface area contributed by atoms with Gasteiger partial charge in [-0.3, -0.25) is 14.9 Å². The number of fused-ring (bicyclic) bond motifs is 1. The first-order valence-corrected chi connectivity index (χ1v) is 9.32. The molecule has 134 valence electrons. The lowest BCUT2D eigenvalue weighted by Gasteiger charge is -1.99. The number of carbonyl (C=O) groups excluding carboxylic acids is 1. The first-order chi connectivity index (χ1) is 13.0. The highest BCUT2D eigenvalue weighted by Crippen LogP contribution is 2.22. The number of amides is 1. The van der Waals surface area contributed by atoms with Crippen LogP contribution in [0.4, 0.5) is 5.69 Å². The number of non-ortho nitro benzene ring substituents is 1. The molecular weight excluding hydrogens is 430 g/mol. The fraction of sp³-hybridized carbons (Fsp3) is 0.0526. The minimum Gasteiger partial charge on any atom is -0.305 e. The molecule has 0 unspecified atom stereocenters. The van der Waals surface area contributed by atoms with Crippen molar-refractivity contribution in [3.63, 3.8) is 0 Å². The van der Waals surface area contributed by atoms with Gasteiger partial charge in [0.25, 0.3) is 11.6 Å². The van der Waals surface area contributed by atoms with Crippen molar-refractivity contribution in [2.75, 3.05) is 0 Å². The second kappa shape index (κ2) is 8.12. The van der Waals surface area contributed by atoms with Crippen LogP contribution in [-0.2, 0) is 11.3 Å². The third-order valence-corrected chi connectivity index (χ3v) is 5.16. The summed E-state index contributed by atoms with van der Waals surface area (Å²) in [6, 6.07) is 11.7. The number of nitro benzene ring substituents is 1. The second-order valence-electron chi connectivity index (χ2n) is 5.42. The van der Waals surface area contributed by atoms with E-state index >= 15 is 0 Å². The largest absolute Gasteiger partial charge is 0.305 e. The van der Waals surface area contributed by atoms with Gasteiger partial charge in [0.1, 0.15) is 0 Å². The lowest BCUT2D eigenvalue weighted by Crippen LogP contribution is -2.15. The molecule has 0 aliphatic heterocycles.